The van der Waals surface area contributed by atoms with Crippen LogP contribution in [0.25, 0.3) is 0 Å². The molecule has 9 heteroatoms. The van der Waals surface area contributed by atoms with E-state index in [9.17, 15) is 22.8 Å². The summed E-state index contributed by atoms with van der Waals surface area (Å²) >= 11 is 0. The smallest absolute Gasteiger partial charge is 0.253 e. The van der Waals surface area contributed by atoms with Crippen LogP contribution in [-0.4, -0.2) is 50.0 Å². The Bertz CT molecular complexity index is 1140. The average molecular weight is 486 g/mol. The van der Waals surface area contributed by atoms with Gasteiger partial charge in [-0.3, -0.25) is 14.4 Å². The van der Waals surface area contributed by atoms with Crippen molar-refractivity contribution in [3.63, 3.8) is 0 Å². The maximum Gasteiger partial charge on any atom is 0.253 e. The van der Waals surface area contributed by atoms with E-state index >= 15 is 0 Å². The van der Waals surface area contributed by atoms with Crippen molar-refractivity contribution >= 4 is 27.6 Å². The molecule has 1 heterocycles. The number of nitrogens with zero attached hydrogens (tertiary/aromatic N) is 1. The fourth-order valence-corrected chi connectivity index (χ4v) is 4.74. The quantitative estimate of drug-likeness (QED) is 0.559. The zero-order valence-electron chi connectivity index (χ0n) is 19.7. The number of piperidine rings is 1. The molecule has 2 amide bonds. The minimum absolute atomic E-state index is 0.0131. The van der Waals surface area contributed by atoms with Crippen LogP contribution in [0.4, 0.5) is 0 Å². The van der Waals surface area contributed by atoms with E-state index in [-0.39, 0.29) is 41.0 Å². The zero-order chi connectivity index (χ0) is 24.9. The highest BCUT2D eigenvalue weighted by Crippen LogP contribution is 2.16. The molecule has 0 spiro atoms. The molecule has 8 nitrogen and oxygen atoms in total. The van der Waals surface area contributed by atoms with E-state index in [1.807, 2.05) is 13.8 Å². The summed E-state index contributed by atoms with van der Waals surface area (Å²) in [6.07, 6.45) is 1.67. The highest BCUT2D eigenvalue weighted by molar-refractivity contribution is 7.89. The highest BCUT2D eigenvalue weighted by atomic mass is 32.2. The molecular formula is C25H31N3O5S. The molecule has 3 rings (SSSR count). The normalized spacial score (nSPS) is 16.4. The minimum Gasteiger partial charge on any atom is -0.351 e. The molecule has 1 fully saturated rings. The topological polar surface area (TPSA) is 113 Å². The summed E-state index contributed by atoms with van der Waals surface area (Å²) in [6, 6.07) is 12.5. The number of sulfonamides is 1. The number of hydrogen-bond donors (Lipinski definition) is 2. The Hall–Kier alpha value is -3.04. The van der Waals surface area contributed by atoms with Gasteiger partial charge < -0.3 is 10.2 Å². The predicted molar refractivity (Wildman–Crippen MR) is 129 cm³/mol. The maximum atomic E-state index is 12.9. The summed E-state index contributed by atoms with van der Waals surface area (Å²) in [5.74, 6) is -0.357. The zero-order valence-corrected chi connectivity index (χ0v) is 20.5. The molecule has 0 saturated carbocycles. The molecule has 1 atom stereocenters. The monoisotopic (exact) mass is 485 g/mol. The van der Waals surface area contributed by atoms with Crippen molar-refractivity contribution in [1.82, 2.24) is 14.9 Å². The van der Waals surface area contributed by atoms with E-state index in [1.54, 1.807) is 29.2 Å². The number of rotatable bonds is 8. The Morgan fingerprint density at radius 1 is 1.00 bits per heavy atom. The molecule has 1 aliphatic heterocycles. The molecule has 0 aliphatic carbocycles. The number of likely N-dealkylation sites (tertiary alicyclic amines) is 1. The van der Waals surface area contributed by atoms with Gasteiger partial charge in [0.1, 0.15) is 0 Å². The van der Waals surface area contributed by atoms with Gasteiger partial charge in [-0.25, -0.2) is 13.1 Å². The lowest BCUT2D eigenvalue weighted by molar-refractivity contribution is -0.125. The standard InChI is InChI=1S/C25H31N3O5S/c1-17(2)24(30)27-22-5-4-14-28(16-22)25(31)21-8-6-19(7-9-21)15-26-34(32,33)23-12-10-20(11-13-23)18(3)29/h6-13,17,22,26H,4-5,14-16H2,1-3H3,(H,27,30)/t22-/m0/s1. The van der Waals surface area contributed by atoms with Crippen LogP contribution in [0.1, 0.15) is 59.9 Å². The predicted octanol–water partition coefficient (Wildman–Crippen LogP) is 2.74. The number of hydrogen-bond acceptors (Lipinski definition) is 5. The van der Waals surface area contributed by atoms with Crippen molar-refractivity contribution in [2.24, 2.45) is 5.92 Å². The van der Waals surface area contributed by atoms with Gasteiger partial charge in [-0.05, 0) is 49.6 Å². The third kappa shape index (κ3) is 6.51. The summed E-state index contributed by atoms with van der Waals surface area (Å²) in [7, 11) is -3.74. The van der Waals surface area contributed by atoms with Gasteiger partial charge in [-0.15, -0.1) is 0 Å². The fraction of sp³-hybridized carbons (Fsp3) is 0.400. The van der Waals surface area contributed by atoms with E-state index in [1.165, 1.54) is 31.2 Å². The molecular weight excluding hydrogens is 454 g/mol. The fourth-order valence-electron chi connectivity index (χ4n) is 3.73. The van der Waals surface area contributed by atoms with Crippen molar-refractivity contribution in [1.29, 1.82) is 0 Å². The van der Waals surface area contributed by atoms with Gasteiger partial charge in [-0.2, -0.15) is 0 Å². The Kier molecular flexibility index (Phi) is 8.22. The molecule has 182 valence electrons. The Morgan fingerprint density at radius 3 is 2.21 bits per heavy atom. The van der Waals surface area contributed by atoms with Gasteiger partial charge in [0, 0.05) is 42.7 Å². The highest BCUT2D eigenvalue weighted by Gasteiger charge is 2.26. The third-order valence-electron chi connectivity index (χ3n) is 5.82. The largest absolute Gasteiger partial charge is 0.351 e. The molecule has 1 saturated heterocycles. The first-order valence-electron chi connectivity index (χ1n) is 11.4. The van der Waals surface area contributed by atoms with E-state index in [4.69, 9.17) is 0 Å². The Morgan fingerprint density at radius 2 is 1.62 bits per heavy atom. The molecule has 0 unspecified atom stereocenters. The molecule has 0 radical (unpaired) electrons. The number of nitrogens with one attached hydrogen (secondary N) is 2. The lowest BCUT2D eigenvalue weighted by Crippen LogP contribution is -2.50. The van der Waals surface area contributed by atoms with Crippen LogP contribution in [0.2, 0.25) is 0 Å². The van der Waals surface area contributed by atoms with Crippen molar-refractivity contribution in [3.05, 3.63) is 65.2 Å². The number of benzene rings is 2. The van der Waals surface area contributed by atoms with E-state index in [0.29, 0.717) is 29.8 Å². The van der Waals surface area contributed by atoms with Crippen LogP contribution in [0.15, 0.2) is 53.4 Å². The number of ketones is 1. The second-order valence-corrected chi connectivity index (χ2v) is 10.6. The Labute approximate surface area is 200 Å². The maximum absolute atomic E-state index is 12.9. The molecule has 2 N–H and O–H groups in total. The van der Waals surface area contributed by atoms with Crippen LogP contribution in [0.5, 0.6) is 0 Å². The second-order valence-electron chi connectivity index (χ2n) is 8.86. The number of amides is 2. The summed E-state index contributed by atoms with van der Waals surface area (Å²) in [6.45, 7) is 6.28. The van der Waals surface area contributed by atoms with Gasteiger partial charge in [0.25, 0.3) is 5.91 Å². The molecule has 1 aliphatic rings. The molecule has 0 aromatic heterocycles. The summed E-state index contributed by atoms with van der Waals surface area (Å²) < 4.78 is 27.6. The van der Waals surface area contributed by atoms with Gasteiger partial charge >= 0.3 is 0 Å². The van der Waals surface area contributed by atoms with Crippen molar-refractivity contribution < 1.29 is 22.8 Å². The summed E-state index contributed by atoms with van der Waals surface area (Å²) in [5, 5.41) is 3.00. The van der Waals surface area contributed by atoms with E-state index < -0.39 is 10.0 Å². The van der Waals surface area contributed by atoms with Crippen LogP contribution >= 0.6 is 0 Å². The van der Waals surface area contributed by atoms with Crippen LogP contribution < -0.4 is 10.0 Å². The van der Waals surface area contributed by atoms with Gasteiger partial charge in [0.05, 0.1) is 4.90 Å². The SMILES string of the molecule is CC(=O)c1ccc(S(=O)(=O)NCc2ccc(C(=O)N3CCC[C@H](NC(=O)C(C)C)C3)cc2)cc1. The van der Waals surface area contributed by atoms with Crippen LogP contribution in [0.3, 0.4) is 0 Å². The van der Waals surface area contributed by atoms with Gasteiger partial charge in [0.2, 0.25) is 15.9 Å². The number of carbonyl (C=O) groups is 3. The van der Waals surface area contributed by atoms with Gasteiger partial charge in [-0.1, -0.05) is 38.1 Å². The lowest BCUT2D eigenvalue weighted by atomic mass is 10.0. The van der Waals surface area contributed by atoms with E-state index in [0.717, 1.165) is 12.8 Å². The van der Waals surface area contributed by atoms with Crippen LogP contribution in [0, 0.1) is 5.92 Å². The Balaban J connectivity index is 1.58. The van der Waals surface area contributed by atoms with Crippen molar-refractivity contribution in [2.45, 2.75) is 51.1 Å². The second kappa shape index (κ2) is 10.9. The average Bonchev–Trinajstić information content (AvgIpc) is 2.83. The first-order valence-corrected chi connectivity index (χ1v) is 12.8. The lowest BCUT2D eigenvalue weighted by Gasteiger charge is -2.33. The molecule has 2 aromatic rings. The first-order chi connectivity index (χ1) is 16.1. The number of carbonyl (C=O) groups excluding carboxylic acids is 3. The molecule has 34 heavy (non-hydrogen) atoms. The molecule has 2 aromatic carbocycles. The third-order valence-corrected chi connectivity index (χ3v) is 7.23. The minimum atomic E-state index is -3.74. The van der Waals surface area contributed by atoms with Crippen molar-refractivity contribution in [3.8, 4) is 0 Å². The molecule has 0 bridgehead atoms. The van der Waals surface area contributed by atoms with Crippen molar-refractivity contribution in [2.75, 3.05) is 13.1 Å². The summed E-state index contributed by atoms with van der Waals surface area (Å²) in [5.41, 5.74) is 1.67. The number of Topliss-reactive ketones (excluding diaryl/α,β-unsaturated/α-hetero) is 1. The van der Waals surface area contributed by atoms with Gasteiger partial charge in [0.15, 0.2) is 5.78 Å². The van der Waals surface area contributed by atoms with E-state index in [2.05, 4.69) is 10.0 Å². The first kappa shape index (κ1) is 25.6. The van der Waals surface area contributed by atoms with Crippen LogP contribution in [-0.2, 0) is 21.4 Å². The summed E-state index contributed by atoms with van der Waals surface area (Å²) in [4.78, 5) is 38.1.